The van der Waals surface area contributed by atoms with Gasteiger partial charge in [0.1, 0.15) is 5.75 Å². The molecule has 2 aliphatic rings. The van der Waals surface area contributed by atoms with E-state index in [1.54, 1.807) is 7.11 Å². The average Bonchev–Trinajstić information content (AvgIpc) is 3.18. The molecule has 4 heteroatoms. The summed E-state index contributed by atoms with van der Waals surface area (Å²) in [6, 6.07) is 14.1. The molecule has 0 atom stereocenters. The van der Waals surface area contributed by atoms with Crippen molar-refractivity contribution < 1.29 is 9.53 Å². The summed E-state index contributed by atoms with van der Waals surface area (Å²) in [5.41, 5.74) is 4.96. The van der Waals surface area contributed by atoms with Crippen molar-refractivity contribution in [3.63, 3.8) is 0 Å². The molecule has 0 unspecified atom stereocenters. The van der Waals surface area contributed by atoms with Crippen molar-refractivity contribution >= 4 is 11.5 Å². The minimum absolute atomic E-state index is 0.138. The number of para-hydroxylation sites is 1. The van der Waals surface area contributed by atoms with Gasteiger partial charge in [-0.05, 0) is 67.7 Å². The van der Waals surface area contributed by atoms with Crippen molar-refractivity contribution in [3.05, 3.63) is 59.2 Å². The van der Waals surface area contributed by atoms with Crippen molar-refractivity contribution in [3.8, 4) is 5.75 Å². The summed E-state index contributed by atoms with van der Waals surface area (Å²) in [5, 5.41) is 3.53. The summed E-state index contributed by atoms with van der Waals surface area (Å²) >= 11 is 0. The molecule has 0 bridgehead atoms. The van der Waals surface area contributed by atoms with Crippen LogP contribution in [0.3, 0.4) is 0 Å². The van der Waals surface area contributed by atoms with Gasteiger partial charge in [0.25, 0.3) is 0 Å². The van der Waals surface area contributed by atoms with Crippen molar-refractivity contribution in [2.75, 3.05) is 32.1 Å². The van der Waals surface area contributed by atoms with E-state index in [0.717, 1.165) is 56.8 Å². The van der Waals surface area contributed by atoms with E-state index < -0.39 is 0 Å². The molecule has 2 heterocycles. The van der Waals surface area contributed by atoms with Crippen molar-refractivity contribution in [2.45, 2.75) is 25.8 Å². The number of rotatable bonds is 5. The van der Waals surface area contributed by atoms with Gasteiger partial charge in [-0.2, -0.15) is 0 Å². The van der Waals surface area contributed by atoms with E-state index in [-0.39, 0.29) is 11.7 Å². The summed E-state index contributed by atoms with van der Waals surface area (Å²) in [6.07, 6.45) is 3.00. The molecule has 1 N–H and O–H groups in total. The van der Waals surface area contributed by atoms with Gasteiger partial charge in [-0.3, -0.25) is 9.69 Å². The van der Waals surface area contributed by atoms with Crippen molar-refractivity contribution in [1.29, 1.82) is 0 Å². The number of benzene rings is 2. The van der Waals surface area contributed by atoms with Crippen LogP contribution in [0.4, 0.5) is 5.69 Å². The fourth-order valence-corrected chi connectivity index (χ4v) is 4.13. The number of ether oxygens (including phenoxy) is 1. The SMILES string of the molecule is COc1ccc(C(=O)C2CCN(Cc3cccc4c3NCC4)CC2)cc1. The van der Waals surface area contributed by atoms with E-state index in [9.17, 15) is 4.79 Å². The largest absolute Gasteiger partial charge is 0.497 e. The lowest BCUT2D eigenvalue weighted by molar-refractivity contribution is 0.0835. The quantitative estimate of drug-likeness (QED) is 0.834. The molecular weight excluding hydrogens is 324 g/mol. The van der Waals surface area contributed by atoms with E-state index in [2.05, 4.69) is 28.4 Å². The van der Waals surface area contributed by atoms with Crippen molar-refractivity contribution in [1.82, 2.24) is 4.90 Å². The van der Waals surface area contributed by atoms with Crippen LogP contribution >= 0.6 is 0 Å². The number of anilines is 1. The summed E-state index contributed by atoms with van der Waals surface area (Å²) in [7, 11) is 1.64. The van der Waals surface area contributed by atoms with E-state index >= 15 is 0 Å². The van der Waals surface area contributed by atoms with Gasteiger partial charge in [-0.1, -0.05) is 18.2 Å². The molecule has 0 aromatic heterocycles. The molecule has 2 aliphatic heterocycles. The molecule has 0 radical (unpaired) electrons. The van der Waals surface area contributed by atoms with Crippen molar-refractivity contribution in [2.24, 2.45) is 5.92 Å². The Balaban J connectivity index is 1.35. The molecule has 4 rings (SSSR count). The van der Waals surface area contributed by atoms with E-state index in [1.807, 2.05) is 24.3 Å². The predicted octanol–water partition coefficient (Wildman–Crippen LogP) is 3.76. The second kappa shape index (κ2) is 7.50. The number of nitrogens with one attached hydrogen (secondary N) is 1. The average molecular weight is 350 g/mol. The van der Waals surface area contributed by atoms with Crippen LogP contribution in [-0.4, -0.2) is 37.4 Å². The highest BCUT2D eigenvalue weighted by Gasteiger charge is 2.26. The van der Waals surface area contributed by atoms with Crippen LogP contribution in [0, 0.1) is 5.92 Å². The molecule has 0 spiro atoms. The van der Waals surface area contributed by atoms with Crippen LogP contribution in [0.2, 0.25) is 0 Å². The van der Waals surface area contributed by atoms with Gasteiger partial charge in [-0.15, -0.1) is 0 Å². The smallest absolute Gasteiger partial charge is 0.166 e. The maximum atomic E-state index is 12.7. The van der Waals surface area contributed by atoms with Gasteiger partial charge < -0.3 is 10.1 Å². The second-order valence-corrected chi connectivity index (χ2v) is 7.27. The molecule has 0 amide bonds. The van der Waals surface area contributed by atoms with Gasteiger partial charge in [0, 0.05) is 30.3 Å². The highest BCUT2D eigenvalue weighted by molar-refractivity contribution is 5.98. The zero-order valence-corrected chi connectivity index (χ0v) is 15.3. The second-order valence-electron chi connectivity index (χ2n) is 7.27. The Morgan fingerprint density at radius 3 is 2.65 bits per heavy atom. The van der Waals surface area contributed by atoms with E-state index in [0.29, 0.717) is 0 Å². The molecule has 2 aromatic carbocycles. The summed E-state index contributed by atoms with van der Waals surface area (Å²) in [5.74, 6) is 1.20. The molecule has 26 heavy (non-hydrogen) atoms. The first kappa shape index (κ1) is 17.1. The molecule has 0 saturated carbocycles. The Hall–Kier alpha value is -2.33. The normalized spacial score (nSPS) is 17.6. The molecule has 136 valence electrons. The Morgan fingerprint density at radius 2 is 1.92 bits per heavy atom. The highest BCUT2D eigenvalue weighted by atomic mass is 16.5. The molecule has 1 saturated heterocycles. The number of nitrogens with zero attached hydrogens (tertiary/aromatic N) is 1. The highest BCUT2D eigenvalue weighted by Crippen LogP contribution is 2.29. The molecule has 1 fully saturated rings. The summed E-state index contributed by atoms with van der Waals surface area (Å²) < 4.78 is 5.17. The number of hydrogen-bond donors (Lipinski definition) is 1. The standard InChI is InChI=1S/C22H26N2O2/c1-26-20-7-5-17(6-8-20)22(25)18-10-13-24(14-11-18)15-19-4-2-3-16-9-12-23-21(16)19/h2-8,18,23H,9-15H2,1H3. The lowest BCUT2D eigenvalue weighted by Crippen LogP contribution is -2.36. The van der Waals surface area contributed by atoms with Crippen LogP contribution in [0.5, 0.6) is 5.75 Å². The molecule has 4 nitrogen and oxygen atoms in total. The van der Waals surface area contributed by atoms with Gasteiger partial charge in [0.05, 0.1) is 7.11 Å². The van der Waals surface area contributed by atoms with Gasteiger partial charge in [0.2, 0.25) is 0 Å². The number of carbonyl (C=O) groups is 1. The monoisotopic (exact) mass is 350 g/mol. The third kappa shape index (κ3) is 3.47. The maximum Gasteiger partial charge on any atom is 0.166 e. The predicted molar refractivity (Wildman–Crippen MR) is 104 cm³/mol. The number of likely N-dealkylation sites (tertiary alicyclic amines) is 1. The minimum Gasteiger partial charge on any atom is -0.497 e. The topological polar surface area (TPSA) is 41.6 Å². The Morgan fingerprint density at radius 1 is 1.15 bits per heavy atom. The Bertz CT molecular complexity index is 777. The van der Waals surface area contributed by atoms with Gasteiger partial charge in [-0.25, -0.2) is 0 Å². The summed E-state index contributed by atoms with van der Waals surface area (Å²) in [6.45, 7) is 3.98. The lowest BCUT2D eigenvalue weighted by atomic mass is 9.88. The molecular formula is C22H26N2O2. The third-order valence-corrected chi connectivity index (χ3v) is 5.66. The van der Waals surface area contributed by atoms with E-state index in [1.165, 1.54) is 16.8 Å². The lowest BCUT2D eigenvalue weighted by Gasteiger charge is -2.31. The Labute approximate surface area is 155 Å². The van der Waals surface area contributed by atoms with Crippen LogP contribution in [0.15, 0.2) is 42.5 Å². The minimum atomic E-state index is 0.138. The fraction of sp³-hybridized carbons (Fsp3) is 0.409. The first-order valence-electron chi connectivity index (χ1n) is 9.50. The molecule has 0 aliphatic carbocycles. The Kier molecular flexibility index (Phi) is 4.93. The number of piperidine rings is 1. The number of fused-ring (bicyclic) bond motifs is 1. The summed E-state index contributed by atoms with van der Waals surface area (Å²) in [4.78, 5) is 15.2. The number of hydrogen-bond acceptors (Lipinski definition) is 4. The first-order valence-corrected chi connectivity index (χ1v) is 9.50. The third-order valence-electron chi connectivity index (χ3n) is 5.66. The zero-order valence-electron chi connectivity index (χ0n) is 15.3. The maximum absolute atomic E-state index is 12.7. The number of carbonyl (C=O) groups excluding carboxylic acids is 1. The van der Waals surface area contributed by atoms with Gasteiger partial charge >= 0.3 is 0 Å². The van der Waals surface area contributed by atoms with Crippen LogP contribution in [-0.2, 0) is 13.0 Å². The van der Waals surface area contributed by atoms with Crippen LogP contribution in [0.1, 0.15) is 34.3 Å². The first-order chi connectivity index (χ1) is 12.7. The number of methoxy groups -OCH3 is 1. The van der Waals surface area contributed by atoms with Gasteiger partial charge in [0.15, 0.2) is 5.78 Å². The number of ketones is 1. The van der Waals surface area contributed by atoms with Crippen LogP contribution in [0.25, 0.3) is 0 Å². The molecule has 2 aromatic rings. The van der Waals surface area contributed by atoms with Crippen LogP contribution < -0.4 is 10.1 Å². The number of Topliss-reactive ketones (excluding diaryl/α,β-unsaturated/α-hetero) is 1. The zero-order chi connectivity index (χ0) is 17.9. The van der Waals surface area contributed by atoms with E-state index in [4.69, 9.17) is 4.74 Å². The fourth-order valence-electron chi connectivity index (χ4n) is 4.13.